The summed E-state index contributed by atoms with van der Waals surface area (Å²) in [6.07, 6.45) is 2.55. The van der Waals surface area contributed by atoms with Crippen LogP contribution in [0.3, 0.4) is 0 Å². The largest absolute Gasteiger partial charge is 0.497 e. The molecule has 2 N–H and O–H groups in total. The van der Waals surface area contributed by atoms with Crippen LogP contribution in [0, 0.1) is 0 Å². The van der Waals surface area contributed by atoms with Gasteiger partial charge in [-0.3, -0.25) is 14.2 Å². The number of fused-ring (bicyclic) bond motifs is 2. The maximum absolute atomic E-state index is 12.9. The summed E-state index contributed by atoms with van der Waals surface area (Å²) in [7, 11) is 3.15. The van der Waals surface area contributed by atoms with Gasteiger partial charge in [0.2, 0.25) is 0 Å². The van der Waals surface area contributed by atoms with Gasteiger partial charge in [0.05, 0.1) is 25.1 Å². The molecule has 0 bridgehead atoms. The molecular weight excluding hydrogens is 402 g/mol. The maximum atomic E-state index is 12.9. The number of carbonyl (C=O) groups is 2. The lowest BCUT2D eigenvalue weighted by Gasteiger charge is -2.09. The molecule has 0 unspecified atom stereocenters. The second kappa shape index (κ2) is 7.94. The summed E-state index contributed by atoms with van der Waals surface area (Å²) in [5.41, 5.74) is 2.14. The number of ether oxygens (including phenoxy) is 2. The Balaban J connectivity index is 1.79. The third kappa shape index (κ3) is 3.85. The number of anilines is 1. The lowest BCUT2D eigenvalue weighted by Crippen LogP contribution is -2.23. The van der Waals surface area contributed by atoms with Crippen molar-refractivity contribution in [2.45, 2.75) is 13.0 Å². The summed E-state index contributed by atoms with van der Waals surface area (Å²) in [5.74, 6) is -0.939. The van der Waals surface area contributed by atoms with Crippen molar-refractivity contribution in [1.29, 1.82) is 0 Å². The van der Waals surface area contributed by atoms with E-state index in [1.54, 1.807) is 24.9 Å². The van der Waals surface area contributed by atoms with E-state index in [1.165, 1.54) is 18.2 Å². The molecule has 31 heavy (non-hydrogen) atoms. The molecule has 1 aromatic heterocycles. The number of nitrogens with one attached hydrogen (secondary N) is 1. The summed E-state index contributed by atoms with van der Waals surface area (Å²) >= 11 is 0. The minimum atomic E-state index is -1.60. The molecule has 2 aromatic carbocycles. The average Bonchev–Trinajstić information content (AvgIpc) is 3.16. The number of allylic oxidation sites excluding steroid dienone is 1. The normalized spacial score (nSPS) is 13.8. The second-order valence-corrected chi connectivity index (χ2v) is 6.95. The smallest absolute Gasteiger partial charge is 0.394 e. The van der Waals surface area contributed by atoms with E-state index in [9.17, 15) is 14.4 Å². The summed E-state index contributed by atoms with van der Waals surface area (Å²) < 4.78 is 12.2. The van der Waals surface area contributed by atoms with Crippen LogP contribution in [0.2, 0.25) is 0 Å². The fourth-order valence-electron chi connectivity index (χ4n) is 3.53. The van der Waals surface area contributed by atoms with E-state index in [1.807, 2.05) is 18.2 Å². The van der Waals surface area contributed by atoms with Gasteiger partial charge in [-0.15, -0.1) is 0 Å². The molecule has 0 atom stereocenters. The number of aromatic nitrogens is 2. The Morgan fingerprint density at radius 3 is 2.48 bits per heavy atom. The van der Waals surface area contributed by atoms with Gasteiger partial charge >= 0.3 is 11.9 Å². The van der Waals surface area contributed by atoms with E-state index in [0.717, 1.165) is 11.1 Å². The highest BCUT2D eigenvalue weighted by Crippen LogP contribution is 2.30. The Labute approximate surface area is 176 Å². The summed E-state index contributed by atoms with van der Waals surface area (Å²) in [4.78, 5) is 39.8. The molecule has 158 valence electrons. The lowest BCUT2D eigenvalue weighted by molar-refractivity contribution is -0.147. The Kier molecular flexibility index (Phi) is 5.16. The molecule has 9 heteroatoms. The van der Waals surface area contributed by atoms with Gasteiger partial charge in [0.15, 0.2) is 0 Å². The summed E-state index contributed by atoms with van der Waals surface area (Å²) in [6.45, 7) is 0.502. The average molecular weight is 421 g/mol. The molecule has 9 nitrogen and oxygen atoms in total. The second-order valence-electron chi connectivity index (χ2n) is 6.95. The first kappa shape index (κ1) is 20.1. The fraction of sp³-hybridized carbons (Fsp3) is 0.182. The molecule has 0 spiro atoms. The molecule has 0 aliphatic carbocycles. The van der Waals surface area contributed by atoms with Crippen LogP contribution >= 0.6 is 0 Å². The number of hydrogen-bond acceptors (Lipinski definition) is 6. The van der Waals surface area contributed by atoms with E-state index in [4.69, 9.17) is 14.6 Å². The minimum Gasteiger partial charge on any atom is -0.497 e. The van der Waals surface area contributed by atoms with Crippen LogP contribution in [0.5, 0.6) is 11.5 Å². The molecule has 0 saturated carbocycles. The Hall–Kier alpha value is -4.14. The molecule has 0 radical (unpaired) electrons. The first-order valence-corrected chi connectivity index (χ1v) is 9.42. The van der Waals surface area contributed by atoms with E-state index >= 15 is 0 Å². The third-order valence-electron chi connectivity index (χ3n) is 5.01. The number of carboxylic acids is 1. The molecule has 2 heterocycles. The van der Waals surface area contributed by atoms with Gasteiger partial charge in [0.1, 0.15) is 17.3 Å². The molecule has 0 saturated heterocycles. The van der Waals surface area contributed by atoms with Gasteiger partial charge in [-0.25, -0.2) is 9.78 Å². The first-order chi connectivity index (χ1) is 14.9. The van der Waals surface area contributed by atoms with Crippen molar-refractivity contribution in [3.63, 3.8) is 0 Å². The van der Waals surface area contributed by atoms with Crippen LogP contribution in [-0.2, 0) is 16.1 Å². The quantitative estimate of drug-likeness (QED) is 0.621. The number of methoxy groups -OCH3 is 2. The monoisotopic (exact) mass is 421 g/mol. The Bertz CT molecular complexity index is 1290. The minimum absolute atomic E-state index is 0.192. The number of carboxylic acid groups (broad SMARTS) is 1. The highest BCUT2D eigenvalue weighted by atomic mass is 16.5. The van der Waals surface area contributed by atoms with Crippen LogP contribution in [0.15, 0.2) is 41.2 Å². The summed E-state index contributed by atoms with van der Waals surface area (Å²) in [5, 5.41) is 11.4. The van der Waals surface area contributed by atoms with Crippen molar-refractivity contribution in [2.24, 2.45) is 0 Å². The number of rotatable bonds is 4. The molecule has 0 fully saturated rings. The number of nitrogens with zero attached hydrogens (tertiary/aromatic N) is 2. The topological polar surface area (TPSA) is 120 Å². The van der Waals surface area contributed by atoms with Crippen LogP contribution in [-0.4, -0.2) is 40.8 Å². The molecule has 1 aliphatic rings. The van der Waals surface area contributed by atoms with Crippen molar-refractivity contribution in [1.82, 2.24) is 9.55 Å². The zero-order chi connectivity index (χ0) is 22.1. The fourth-order valence-corrected chi connectivity index (χ4v) is 3.53. The van der Waals surface area contributed by atoms with Gasteiger partial charge in [0, 0.05) is 18.3 Å². The van der Waals surface area contributed by atoms with Crippen molar-refractivity contribution < 1.29 is 24.2 Å². The van der Waals surface area contributed by atoms with Crippen molar-refractivity contribution in [3.05, 3.63) is 58.1 Å². The van der Waals surface area contributed by atoms with Crippen molar-refractivity contribution in [3.8, 4) is 11.5 Å². The summed E-state index contributed by atoms with van der Waals surface area (Å²) in [6, 6.07) is 9.99. The van der Waals surface area contributed by atoms with Crippen LogP contribution in [0.25, 0.3) is 22.6 Å². The first-order valence-electron chi connectivity index (χ1n) is 9.42. The highest BCUT2D eigenvalue weighted by molar-refractivity contribution is 6.36. The van der Waals surface area contributed by atoms with Gasteiger partial charge in [-0.1, -0.05) is 0 Å². The standard InChI is InChI=1S/C22H19N3O6/c1-30-15-8-12(9-16(11-15)31-2)7-13-5-6-25-19(13)24-18-10-14(23-20(26)22(28)29)3-4-17(18)21(25)27/h3-4,7-11H,5-6H2,1-2H3,(H,23,26)(H,28,29)/b13-7+. The SMILES string of the molecule is COc1cc(/C=C2\CCn3c2nc2cc(NC(=O)C(=O)O)ccc2c3=O)cc(OC)c1. The van der Waals surface area contributed by atoms with Gasteiger partial charge < -0.3 is 19.9 Å². The predicted molar refractivity (Wildman–Crippen MR) is 114 cm³/mol. The molecular formula is C22H19N3O6. The van der Waals surface area contributed by atoms with Crippen molar-refractivity contribution >= 4 is 40.1 Å². The molecule has 1 amide bonds. The maximum Gasteiger partial charge on any atom is 0.394 e. The lowest BCUT2D eigenvalue weighted by atomic mass is 10.1. The van der Waals surface area contributed by atoms with Gasteiger partial charge in [-0.05, 0) is 54.0 Å². The predicted octanol–water partition coefficient (Wildman–Crippen LogP) is 2.38. The Morgan fingerprint density at radius 2 is 1.84 bits per heavy atom. The zero-order valence-corrected chi connectivity index (χ0v) is 16.8. The molecule has 1 aliphatic heterocycles. The zero-order valence-electron chi connectivity index (χ0n) is 16.8. The van der Waals surface area contributed by atoms with E-state index in [2.05, 4.69) is 10.3 Å². The number of aliphatic carboxylic acids is 1. The van der Waals surface area contributed by atoms with E-state index < -0.39 is 11.9 Å². The van der Waals surface area contributed by atoms with Crippen LogP contribution in [0.1, 0.15) is 17.8 Å². The van der Waals surface area contributed by atoms with Crippen LogP contribution in [0.4, 0.5) is 5.69 Å². The van der Waals surface area contributed by atoms with E-state index in [0.29, 0.717) is 41.2 Å². The molecule has 4 rings (SSSR count). The van der Waals surface area contributed by atoms with Crippen LogP contribution < -0.4 is 20.3 Å². The van der Waals surface area contributed by atoms with E-state index in [-0.39, 0.29) is 11.2 Å². The van der Waals surface area contributed by atoms with Crippen molar-refractivity contribution in [2.75, 3.05) is 19.5 Å². The number of hydrogen-bond donors (Lipinski definition) is 2. The molecule has 3 aromatic rings. The number of amides is 1. The van der Waals surface area contributed by atoms with Gasteiger partial charge in [-0.2, -0.15) is 0 Å². The number of carbonyl (C=O) groups excluding carboxylic acids is 1. The third-order valence-corrected chi connectivity index (χ3v) is 5.01. The Morgan fingerprint density at radius 1 is 1.13 bits per heavy atom. The highest BCUT2D eigenvalue weighted by Gasteiger charge is 2.21. The van der Waals surface area contributed by atoms with Gasteiger partial charge in [0.25, 0.3) is 5.56 Å². The number of benzene rings is 2.